The minimum absolute atomic E-state index is 0.136. The molecule has 0 N–H and O–H groups in total. The Bertz CT molecular complexity index is 1930. The molecule has 0 radical (unpaired) electrons. The van der Waals surface area contributed by atoms with Gasteiger partial charge in [0.15, 0.2) is 16.3 Å². The fourth-order valence-corrected chi connectivity index (χ4v) is 6.50. The summed E-state index contributed by atoms with van der Waals surface area (Å²) >= 11 is 1.21. The fraction of sp³-hybridized carbons (Fsp3) is 0.417. The predicted octanol–water partition coefficient (Wildman–Crippen LogP) is 5.25. The van der Waals surface area contributed by atoms with Crippen molar-refractivity contribution < 1.29 is 33.3 Å². The number of nitrogens with zero attached hydrogens (tertiary/aromatic N) is 2. The number of hydrogen-bond donors (Lipinski definition) is 0. The van der Waals surface area contributed by atoms with E-state index in [0.717, 1.165) is 16.7 Å². The highest BCUT2D eigenvalue weighted by molar-refractivity contribution is 7.07. The normalized spacial score (nSPS) is 15.1. The van der Waals surface area contributed by atoms with Crippen molar-refractivity contribution in [2.75, 3.05) is 13.7 Å². The highest BCUT2D eigenvalue weighted by Crippen LogP contribution is 2.41. The number of carbonyl (C=O) groups is 3. The van der Waals surface area contributed by atoms with E-state index >= 15 is 0 Å². The summed E-state index contributed by atoms with van der Waals surface area (Å²) in [6.07, 6.45) is 1.80. The number of thiazole rings is 1. The Kier molecular flexibility index (Phi) is 10.0. The van der Waals surface area contributed by atoms with E-state index in [9.17, 15) is 19.2 Å². The van der Waals surface area contributed by atoms with Gasteiger partial charge in [-0.3, -0.25) is 19.0 Å². The monoisotopic (exact) mass is 662 g/mol. The molecule has 0 saturated heterocycles. The van der Waals surface area contributed by atoms with Crippen molar-refractivity contribution in [3.63, 3.8) is 0 Å². The standard InChI is InChI=1S/C36H42N2O8S/c1-12-44-33(42)29-19(2)37-34-38(30(29)23-13-14-26(45-20(3)39)27(18-23)43-11)32(41)28(47-34)17-22-15-24(35(5,6)7)31(46-21(4)40)25(16-22)36(8,9)10/h13-18,30H,12H2,1-11H3. The molecule has 250 valence electrons. The van der Waals surface area contributed by atoms with Gasteiger partial charge in [0.25, 0.3) is 5.56 Å². The van der Waals surface area contributed by atoms with E-state index in [0.29, 0.717) is 26.3 Å². The Labute approximate surface area is 278 Å². The molecule has 0 bridgehead atoms. The molecule has 1 aliphatic heterocycles. The topological polar surface area (TPSA) is 122 Å². The Hall–Kier alpha value is -4.51. The van der Waals surface area contributed by atoms with Crippen molar-refractivity contribution in [1.82, 2.24) is 4.57 Å². The number of carbonyl (C=O) groups excluding carboxylic acids is 3. The van der Waals surface area contributed by atoms with Gasteiger partial charge in [0.05, 0.1) is 35.6 Å². The Morgan fingerprint density at radius 1 is 0.936 bits per heavy atom. The average molecular weight is 663 g/mol. The number of ether oxygens (including phenoxy) is 4. The van der Waals surface area contributed by atoms with Gasteiger partial charge in [0, 0.05) is 25.0 Å². The van der Waals surface area contributed by atoms with Gasteiger partial charge in [-0.2, -0.15) is 0 Å². The van der Waals surface area contributed by atoms with Crippen molar-refractivity contribution in [3.05, 3.63) is 83.5 Å². The summed E-state index contributed by atoms with van der Waals surface area (Å²) in [6.45, 7) is 18.5. The molecule has 47 heavy (non-hydrogen) atoms. The molecule has 1 aromatic heterocycles. The van der Waals surface area contributed by atoms with Crippen molar-refractivity contribution >= 4 is 35.3 Å². The zero-order valence-electron chi connectivity index (χ0n) is 28.8. The molecule has 2 aromatic carbocycles. The van der Waals surface area contributed by atoms with E-state index in [1.54, 1.807) is 38.1 Å². The Balaban J connectivity index is 2.02. The number of allylic oxidation sites excluding steroid dienone is 1. The maximum atomic E-state index is 14.3. The highest BCUT2D eigenvalue weighted by Gasteiger charge is 2.34. The van der Waals surface area contributed by atoms with Crippen LogP contribution in [-0.2, 0) is 30.0 Å². The molecular formula is C36H42N2O8S. The number of aromatic nitrogens is 1. The molecule has 4 rings (SSSR count). The lowest BCUT2D eigenvalue weighted by molar-refractivity contribution is -0.139. The summed E-state index contributed by atoms with van der Waals surface area (Å²) in [6, 6.07) is 7.87. The van der Waals surface area contributed by atoms with Crippen molar-refractivity contribution in [2.45, 2.75) is 86.1 Å². The minimum Gasteiger partial charge on any atom is -0.493 e. The first kappa shape index (κ1) is 35.3. The number of fused-ring (bicyclic) bond motifs is 1. The summed E-state index contributed by atoms with van der Waals surface area (Å²) in [4.78, 5) is 56.6. The van der Waals surface area contributed by atoms with E-state index in [1.807, 2.05) is 53.7 Å². The molecule has 1 aliphatic rings. The van der Waals surface area contributed by atoms with Crippen LogP contribution in [0.25, 0.3) is 6.08 Å². The largest absolute Gasteiger partial charge is 0.493 e. The van der Waals surface area contributed by atoms with Crippen molar-refractivity contribution in [1.29, 1.82) is 0 Å². The third-order valence-corrected chi connectivity index (χ3v) is 8.53. The lowest BCUT2D eigenvalue weighted by Gasteiger charge is -2.29. The van der Waals surface area contributed by atoms with Gasteiger partial charge < -0.3 is 18.9 Å². The summed E-state index contributed by atoms with van der Waals surface area (Å²) in [5.41, 5.74) is 2.47. The van der Waals surface area contributed by atoms with Gasteiger partial charge in [-0.25, -0.2) is 9.79 Å². The van der Waals surface area contributed by atoms with Gasteiger partial charge >= 0.3 is 17.9 Å². The van der Waals surface area contributed by atoms with Crippen LogP contribution in [0.4, 0.5) is 0 Å². The zero-order chi connectivity index (χ0) is 35.0. The van der Waals surface area contributed by atoms with Gasteiger partial charge in [0.1, 0.15) is 5.75 Å². The molecule has 11 heteroatoms. The first-order chi connectivity index (χ1) is 21.9. The van der Waals surface area contributed by atoms with Gasteiger partial charge in [0.2, 0.25) is 0 Å². The van der Waals surface area contributed by atoms with Crippen LogP contribution in [0, 0.1) is 0 Å². The molecule has 2 heterocycles. The zero-order valence-corrected chi connectivity index (χ0v) is 29.6. The van der Waals surface area contributed by atoms with Crippen LogP contribution in [0.1, 0.15) is 97.5 Å². The number of esters is 3. The van der Waals surface area contributed by atoms with E-state index in [2.05, 4.69) is 4.99 Å². The van der Waals surface area contributed by atoms with E-state index in [1.165, 1.54) is 36.9 Å². The van der Waals surface area contributed by atoms with Crippen molar-refractivity contribution in [3.8, 4) is 17.2 Å². The molecule has 10 nitrogen and oxygen atoms in total. The number of hydrogen-bond acceptors (Lipinski definition) is 10. The summed E-state index contributed by atoms with van der Waals surface area (Å²) in [5, 5.41) is 0. The third-order valence-electron chi connectivity index (χ3n) is 7.54. The average Bonchev–Trinajstić information content (AvgIpc) is 3.25. The molecular weight excluding hydrogens is 620 g/mol. The van der Waals surface area contributed by atoms with Crippen LogP contribution >= 0.6 is 11.3 Å². The maximum absolute atomic E-state index is 14.3. The Morgan fingerprint density at radius 3 is 2.04 bits per heavy atom. The molecule has 0 fully saturated rings. The highest BCUT2D eigenvalue weighted by atomic mass is 32.1. The SMILES string of the molecule is CCOC(=O)C1=C(C)N=c2sc(=Cc3cc(C(C)(C)C)c(OC(C)=O)c(C(C)(C)C)c3)c(=O)n2C1c1ccc(OC(C)=O)c(OC)c1. The van der Waals surface area contributed by atoms with Crippen LogP contribution < -0.4 is 29.1 Å². The second-order valence-corrected chi connectivity index (χ2v) is 14.4. The minimum atomic E-state index is -0.894. The van der Waals surface area contributed by atoms with Crippen molar-refractivity contribution in [2.24, 2.45) is 4.99 Å². The molecule has 0 saturated carbocycles. The number of benzene rings is 2. The third kappa shape index (κ3) is 7.40. The van der Waals surface area contributed by atoms with Crippen LogP contribution in [0.5, 0.6) is 17.2 Å². The number of rotatable bonds is 7. The molecule has 1 atom stereocenters. The summed E-state index contributed by atoms with van der Waals surface area (Å²) in [7, 11) is 1.44. The summed E-state index contributed by atoms with van der Waals surface area (Å²) in [5.74, 6) is -0.533. The summed E-state index contributed by atoms with van der Waals surface area (Å²) < 4.78 is 23.9. The lowest BCUT2D eigenvalue weighted by atomic mass is 9.78. The Morgan fingerprint density at radius 2 is 1.53 bits per heavy atom. The molecule has 1 unspecified atom stereocenters. The quantitative estimate of drug-likeness (QED) is 0.248. The van der Waals surface area contributed by atoms with E-state index in [-0.39, 0.29) is 40.1 Å². The van der Waals surface area contributed by atoms with Gasteiger partial charge in [-0.15, -0.1) is 0 Å². The van der Waals surface area contributed by atoms with Crippen LogP contribution in [0.3, 0.4) is 0 Å². The molecule has 0 amide bonds. The molecule has 3 aromatic rings. The molecule has 0 aliphatic carbocycles. The first-order valence-electron chi connectivity index (χ1n) is 15.3. The number of methoxy groups -OCH3 is 1. The maximum Gasteiger partial charge on any atom is 0.338 e. The fourth-order valence-electron chi connectivity index (χ4n) is 5.45. The van der Waals surface area contributed by atoms with Gasteiger partial charge in [-0.1, -0.05) is 58.9 Å². The van der Waals surface area contributed by atoms with Crippen LogP contribution in [0.15, 0.2) is 51.4 Å². The van der Waals surface area contributed by atoms with E-state index < -0.39 is 23.9 Å². The second kappa shape index (κ2) is 13.3. The second-order valence-electron chi connectivity index (χ2n) is 13.3. The smallest absolute Gasteiger partial charge is 0.338 e. The van der Waals surface area contributed by atoms with Crippen LogP contribution in [-0.4, -0.2) is 36.2 Å². The van der Waals surface area contributed by atoms with Crippen LogP contribution in [0.2, 0.25) is 0 Å². The lowest BCUT2D eigenvalue weighted by Crippen LogP contribution is -2.40. The predicted molar refractivity (Wildman–Crippen MR) is 180 cm³/mol. The molecule has 0 spiro atoms. The first-order valence-corrected chi connectivity index (χ1v) is 16.1. The van der Waals surface area contributed by atoms with Gasteiger partial charge in [-0.05, 0) is 66.1 Å². The van der Waals surface area contributed by atoms with E-state index in [4.69, 9.17) is 18.9 Å².